The van der Waals surface area contributed by atoms with Crippen molar-refractivity contribution in [3.05, 3.63) is 35.4 Å². The fourth-order valence-corrected chi connectivity index (χ4v) is 4.07. The van der Waals surface area contributed by atoms with E-state index in [0.717, 1.165) is 44.6 Å². The number of amides is 2. The van der Waals surface area contributed by atoms with Gasteiger partial charge in [0.15, 0.2) is 0 Å². The van der Waals surface area contributed by atoms with Gasteiger partial charge in [0, 0.05) is 26.1 Å². The fourth-order valence-electron chi connectivity index (χ4n) is 4.07. The van der Waals surface area contributed by atoms with Gasteiger partial charge in [-0.05, 0) is 24.0 Å². The molecule has 0 unspecified atom stereocenters. The van der Waals surface area contributed by atoms with Crippen molar-refractivity contribution in [2.24, 2.45) is 5.16 Å². The van der Waals surface area contributed by atoms with Crippen molar-refractivity contribution in [2.45, 2.75) is 45.3 Å². The second-order valence-corrected chi connectivity index (χ2v) is 7.05. The van der Waals surface area contributed by atoms with Gasteiger partial charge in [-0.2, -0.15) is 0 Å². The lowest BCUT2D eigenvalue weighted by Crippen LogP contribution is -2.49. The molecule has 30 heavy (non-hydrogen) atoms. The Morgan fingerprint density at radius 1 is 1.13 bits per heavy atom. The predicted molar refractivity (Wildman–Crippen MR) is 114 cm³/mol. The molecule has 0 saturated carbocycles. The van der Waals surface area contributed by atoms with E-state index in [-0.39, 0.29) is 11.6 Å². The number of hydrogen-bond acceptors (Lipinski definition) is 6. The van der Waals surface area contributed by atoms with Gasteiger partial charge in [0.25, 0.3) is 6.47 Å². The van der Waals surface area contributed by atoms with Gasteiger partial charge in [0.05, 0.1) is 31.6 Å². The Morgan fingerprint density at radius 2 is 1.80 bits per heavy atom. The van der Waals surface area contributed by atoms with Gasteiger partial charge in [-0.3, -0.25) is 4.79 Å². The number of carbonyl (C=O) groups excluding carboxylic acids is 2. The molecule has 2 fully saturated rings. The first-order valence-corrected chi connectivity index (χ1v) is 10.4. The topological polar surface area (TPSA) is 80.7 Å². The molecule has 4 rings (SSSR count). The summed E-state index contributed by atoms with van der Waals surface area (Å²) in [5.74, 6) is 0. The second-order valence-electron chi connectivity index (χ2n) is 7.05. The summed E-state index contributed by atoms with van der Waals surface area (Å²) in [6.07, 6.45) is 2.53. The summed E-state index contributed by atoms with van der Waals surface area (Å²) in [5.41, 5.74) is 3.35. The molecule has 0 aliphatic carbocycles. The Bertz CT molecular complexity index is 729. The molecule has 1 aromatic rings. The molecular formula is C22H33N3O5. The maximum atomic E-state index is 12.7. The van der Waals surface area contributed by atoms with Gasteiger partial charge in [-0.25, -0.2) is 4.79 Å². The third-order valence-corrected chi connectivity index (χ3v) is 5.48. The van der Waals surface area contributed by atoms with E-state index in [1.165, 1.54) is 18.2 Å². The number of fused-ring (bicyclic) bond motifs is 2. The van der Waals surface area contributed by atoms with E-state index in [2.05, 4.69) is 34.2 Å². The lowest BCUT2D eigenvalue weighted by atomic mass is 9.84. The summed E-state index contributed by atoms with van der Waals surface area (Å²) < 4.78 is 10.0. The molecule has 0 radical (unpaired) electrons. The maximum Gasteiger partial charge on any atom is 0.320 e. The van der Waals surface area contributed by atoms with Crippen molar-refractivity contribution in [2.75, 3.05) is 40.4 Å². The highest BCUT2D eigenvalue weighted by atomic mass is 16.6. The predicted octanol–water partition coefficient (Wildman–Crippen LogP) is 3.15. The molecule has 2 saturated heterocycles. The Kier molecular flexibility index (Phi) is 9.11. The van der Waals surface area contributed by atoms with E-state index in [1.807, 2.05) is 23.6 Å². The molecular weight excluding hydrogens is 386 g/mol. The minimum atomic E-state index is -0.193. The van der Waals surface area contributed by atoms with Gasteiger partial charge < -0.3 is 24.1 Å². The summed E-state index contributed by atoms with van der Waals surface area (Å²) in [4.78, 5) is 30.3. The maximum absolute atomic E-state index is 12.7. The first-order chi connectivity index (χ1) is 14.6. The Labute approximate surface area is 178 Å². The zero-order valence-corrected chi connectivity index (χ0v) is 18.4. The van der Waals surface area contributed by atoms with E-state index in [9.17, 15) is 4.79 Å². The third kappa shape index (κ3) is 5.30. The number of hydrogen-bond donors (Lipinski definition) is 0. The largest absolute Gasteiger partial charge is 0.471 e. The summed E-state index contributed by atoms with van der Waals surface area (Å²) in [7, 11) is 2.86. The molecule has 1 aromatic carbocycles. The number of carbonyl (C=O) groups is 2. The summed E-state index contributed by atoms with van der Waals surface area (Å²) in [6.45, 7) is 7.84. The number of urea groups is 1. The normalized spacial score (nSPS) is 19.9. The summed E-state index contributed by atoms with van der Waals surface area (Å²) >= 11 is 0. The molecule has 2 amide bonds. The number of benzene rings is 1. The van der Waals surface area contributed by atoms with Gasteiger partial charge >= 0.3 is 6.03 Å². The number of oxime groups is 1. The first-order valence-electron chi connectivity index (χ1n) is 10.4. The first kappa shape index (κ1) is 23.7. The molecule has 3 heterocycles. The van der Waals surface area contributed by atoms with Crippen LogP contribution in [0, 0.1) is 0 Å². The minimum Gasteiger partial charge on any atom is -0.471 e. The molecule has 3 aliphatic heterocycles. The lowest BCUT2D eigenvalue weighted by molar-refractivity contribution is -0.126. The van der Waals surface area contributed by atoms with Crippen LogP contribution < -0.4 is 0 Å². The number of rotatable bonds is 2. The van der Waals surface area contributed by atoms with E-state index in [1.54, 1.807) is 7.11 Å². The SMILES string of the molecule is CC.CO/N=C1\CCN(C(=O)N2CCC3(CC2)OCc2ccccc23)C1.COC=O. The molecule has 1 spiro atoms. The average Bonchev–Trinajstić information content (AvgIpc) is 3.42. The number of nitrogens with zero attached hydrogens (tertiary/aromatic N) is 3. The lowest BCUT2D eigenvalue weighted by Gasteiger charge is -2.40. The van der Waals surface area contributed by atoms with Crippen molar-refractivity contribution in [3.8, 4) is 0 Å². The molecule has 0 atom stereocenters. The van der Waals surface area contributed by atoms with Gasteiger partial charge in [-0.1, -0.05) is 43.3 Å². The van der Waals surface area contributed by atoms with Crippen LogP contribution in [0.15, 0.2) is 29.4 Å². The van der Waals surface area contributed by atoms with Crippen molar-refractivity contribution in [3.63, 3.8) is 0 Å². The number of methoxy groups -OCH3 is 1. The fraction of sp³-hybridized carbons (Fsp3) is 0.591. The smallest absolute Gasteiger partial charge is 0.320 e. The van der Waals surface area contributed by atoms with Crippen LogP contribution in [0.2, 0.25) is 0 Å². The zero-order valence-electron chi connectivity index (χ0n) is 18.4. The van der Waals surface area contributed by atoms with E-state index >= 15 is 0 Å². The van der Waals surface area contributed by atoms with Gasteiger partial charge in [-0.15, -0.1) is 0 Å². The monoisotopic (exact) mass is 419 g/mol. The van der Waals surface area contributed by atoms with E-state index < -0.39 is 0 Å². The summed E-state index contributed by atoms with van der Waals surface area (Å²) in [5, 5.41) is 3.97. The molecule has 0 N–H and O–H groups in total. The van der Waals surface area contributed by atoms with Gasteiger partial charge in [0.1, 0.15) is 7.11 Å². The Morgan fingerprint density at radius 3 is 2.43 bits per heavy atom. The average molecular weight is 420 g/mol. The quantitative estimate of drug-likeness (QED) is 0.543. The van der Waals surface area contributed by atoms with Crippen LogP contribution in [-0.4, -0.2) is 68.4 Å². The highest BCUT2D eigenvalue weighted by Crippen LogP contribution is 2.44. The molecule has 0 aromatic heterocycles. The molecule has 3 aliphatic rings. The molecule has 8 heteroatoms. The van der Waals surface area contributed by atoms with Crippen LogP contribution >= 0.6 is 0 Å². The van der Waals surface area contributed by atoms with Crippen LogP contribution in [0.3, 0.4) is 0 Å². The van der Waals surface area contributed by atoms with Crippen molar-refractivity contribution in [1.82, 2.24) is 9.80 Å². The summed E-state index contributed by atoms with van der Waals surface area (Å²) in [6, 6.07) is 8.56. The van der Waals surface area contributed by atoms with Crippen molar-refractivity contribution >= 4 is 18.2 Å². The van der Waals surface area contributed by atoms with E-state index in [0.29, 0.717) is 19.6 Å². The Balaban J connectivity index is 0.000000481. The van der Waals surface area contributed by atoms with Crippen LogP contribution in [0.25, 0.3) is 0 Å². The zero-order chi connectivity index (χ0) is 22.0. The highest BCUT2D eigenvalue weighted by molar-refractivity contribution is 5.92. The van der Waals surface area contributed by atoms with Crippen molar-refractivity contribution < 1.29 is 23.9 Å². The van der Waals surface area contributed by atoms with E-state index in [4.69, 9.17) is 14.4 Å². The molecule has 0 bridgehead atoms. The van der Waals surface area contributed by atoms with Crippen LogP contribution in [0.4, 0.5) is 4.79 Å². The standard InChI is InChI=1S/C18H23N3O3.C2H4O2.C2H6/c1-23-19-15-6-9-21(12-15)17(22)20-10-7-18(8-11-20)16-5-3-2-4-14(16)13-24-18;1-4-2-3;1-2/h2-5H,6-13H2,1H3;2H,1H3;1-2H3/b19-15+;;. The van der Waals surface area contributed by atoms with Gasteiger partial charge in [0.2, 0.25) is 0 Å². The van der Waals surface area contributed by atoms with Crippen LogP contribution in [0.1, 0.15) is 44.2 Å². The number of ether oxygens (including phenoxy) is 2. The number of likely N-dealkylation sites (tertiary alicyclic amines) is 2. The second kappa shape index (κ2) is 11.5. The van der Waals surface area contributed by atoms with Crippen LogP contribution in [-0.2, 0) is 31.3 Å². The minimum absolute atomic E-state index is 0.109. The molecule has 166 valence electrons. The molecule has 8 nitrogen and oxygen atoms in total. The number of piperidine rings is 1. The third-order valence-electron chi connectivity index (χ3n) is 5.48. The van der Waals surface area contributed by atoms with Crippen LogP contribution in [0.5, 0.6) is 0 Å². The Hall–Kier alpha value is -2.61. The highest BCUT2D eigenvalue weighted by Gasteiger charge is 2.43. The van der Waals surface area contributed by atoms with Crippen molar-refractivity contribution in [1.29, 1.82) is 0 Å².